The number of anilines is 2. The Balaban J connectivity index is 1.72. The van der Waals surface area contributed by atoms with Crippen LogP contribution in [0, 0.1) is 0 Å². The van der Waals surface area contributed by atoms with Gasteiger partial charge in [0.05, 0.1) is 15.9 Å². The minimum atomic E-state index is -3.59. The Kier molecular flexibility index (Phi) is 6.20. The lowest BCUT2D eigenvalue weighted by Gasteiger charge is -2.22. The lowest BCUT2D eigenvalue weighted by Crippen LogP contribution is -2.35. The molecule has 9 heteroatoms. The van der Waals surface area contributed by atoms with Gasteiger partial charge >= 0.3 is 0 Å². The Bertz CT molecular complexity index is 1160. The Hall–Kier alpha value is -2.78. The standard InChI is InChI=1S/C22H26N4O3S2/c1-21(2,3)31(28,29)26-20-25-18(14-30-20)22(4,5)19(27)24-17-10-8-15(9-11-17)16-7-6-12-23-13-16/h6-14H,1-5H3,(H,24,27)(H,25,26). The first-order valence-electron chi connectivity index (χ1n) is 9.70. The second kappa shape index (κ2) is 8.39. The van der Waals surface area contributed by atoms with Crippen LogP contribution in [0.2, 0.25) is 0 Å². The number of pyridine rings is 1. The van der Waals surface area contributed by atoms with Crippen molar-refractivity contribution in [1.29, 1.82) is 0 Å². The van der Waals surface area contributed by atoms with Gasteiger partial charge in [-0.05, 0) is 63.9 Å². The van der Waals surface area contributed by atoms with Gasteiger partial charge < -0.3 is 5.32 Å². The molecule has 164 valence electrons. The molecule has 0 bridgehead atoms. The first-order chi connectivity index (χ1) is 14.4. The maximum Gasteiger partial charge on any atom is 0.239 e. The monoisotopic (exact) mass is 458 g/mol. The molecule has 2 aromatic heterocycles. The molecule has 0 fully saturated rings. The van der Waals surface area contributed by atoms with E-state index in [0.29, 0.717) is 11.4 Å². The third-order valence-electron chi connectivity index (χ3n) is 4.88. The summed E-state index contributed by atoms with van der Waals surface area (Å²) in [6.07, 6.45) is 3.50. The summed E-state index contributed by atoms with van der Waals surface area (Å²) in [5.74, 6) is -0.239. The van der Waals surface area contributed by atoms with Crippen LogP contribution in [0.4, 0.5) is 10.8 Å². The molecule has 1 amide bonds. The Morgan fingerprint density at radius 1 is 1.00 bits per heavy atom. The maximum atomic E-state index is 12.9. The first-order valence-corrected chi connectivity index (χ1v) is 12.1. The summed E-state index contributed by atoms with van der Waals surface area (Å²) in [6, 6.07) is 11.3. The van der Waals surface area contributed by atoms with E-state index in [4.69, 9.17) is 0 Å². The molecule has 0 unspecified atom stereocenters. The number of nitrogens with zero attached hydrogens (tertiary/aromatic N) is 2. The van der Waals surface area contributed by atoms with E-state index < -0.39 is 20.2 Å². The number of carbonyl (C=O) groups excluding carboxylic acids is 1. The normalized spacial score (nSPS) is 12.4. The third kappa shape index (κ3) is 5.11. The lowest BCUT2D eigenvalue weighted by molar-refractivity contribution is -0.120. The van der Waals surface area contributed by atoms with Crippen LogP contribution in [0.15, 0.2) is 54.2 Å². The highest BCUT2D eigenvalue weighted by Gasteiger charge is 2.34. The quantitative estimate of drug-likeness (QED) is 0.559. The van der Waals surface area contributed by atoms with Crippen LogP contribution in [-0.2, 0) is 20.2 Å². The summed E-state index contributed by atoms with van der Waals surface area (Å²) in [4.78, 5) is 21.4. The van der Waals surface area contributed by atoms with Crippen LogP contribution >= 0.6 is 11.3 Å². The number of thiazole rings is 1. The molecule has 0 spiro atoms. The fraction of sp³-hybridized carbons (Fsp3) is 0.318. The van der Waals surface area contributed by atoms with E-state index in [0.717, 1.165) is 22.5 Å². The molecule has 2 heterocycles. The molecule has 31 heavy (non-hydrogen) atoms. The zero-order valence-electron chi connectivity index (χ0n) is 18.1. The average Bonchev–Trinajstić information content (AvgIpc) is 3.17. The van der Waals surface area contributed by atoms with Crippen LogP contribution in [0.1, 0.15) is 40.3 Å². The Labute approximate surface area is 187 Å². The molecule has 0 saturated carbocycles. The summed E-state index contributed by atoms with van der Waals surface area (Å²) in [7, 11) is -3.59. The van der Waals surface area contributed by atoms with Gasteiger partial charge in [-0.3, -0.25) is 14.5 Å². The van der Waals surface area contributed by atoms with E-state index in [9.17, 15) is 13.2 Å². The highest BCUT2D eigenvalue weighted by molar-refractivity contribution is 7.94. The van der Waals surface area contributed by atoms with Crippen molar-refractivity contribution in [2.45, 2.75) is 44.8 Å². The molecule has 2 N–H and O–H groups in total. The molecule has 0 saturated heterocycles. The molecular weight excluding hydrogens is 432 g/mol. The molecule has 0 aliphatic rings. The third-order valence-corrected chi connectivity index (χ3v) is 7.84. The molecule has 0 atom stereocenters. The number of carbonyl (C=O) groups is 1. The fourth-order valence-corrected chi connectivity index (χ4v) is 4.38. The van der Waals surface area contributed by atoms with Gasteiger partial charge in [-0.2, -0.15) is 0 Å². The molecule has 3 aromatic rings. The predicted octanol–water partition coefficient (Wildman–Crippen LogP) is 4.66. The summed E-state index contributed by atoms with van der Waals surface area (Å²) in [5.41, 5.74) is 2.20. The summed E-state index contributed by atoms with van der Waals surface area (Å²) in [5, 5.41) is 4.85. The number of rotatable bonds is 6. The second-order valence-corrected chi connectivity index (χ2v) is 11.9. The van der Waals surface area contributed by atoms with Crippen LogP contribution in [-0.4, -0.2) is 29.0 Å². The largest absolute Gasteiger partial charge is 0.325 e. The average molecular weight is 459 g/mol. The zero-order chi connectivity index (χ0) is 22.9. The van der Waals surface area contributed by atoms with E-state index in [2.05, 4.69) is 20.0 Å². The molecule has 3 rings (SSSR count). The molecule has 0 aliphatic heterocycles. The fourth-order valence-electron chi connectivity index (χ4n) is 2.56. The summed E-state index contributed by atoms with van der Waals surface area (Å²) >= 11 is 1.16. The van der Waals surface area contributed by atoms with Crippen molar-refractivity contribution in [3.05, 3.63) is 59.9 Å². The molecule has 0 aliphatic carbocycles. The van der Waals surface area contributed by atoms with Gasteiger partial charge in [-0.25, -0.2) is 13.4 Å². The number of aromatic nitrogens is 2. The Morgan fingerprint density at radius 2 is 1.68 bits per heavy atom. The van der Waals surface area contributed by atoms with Gasteiger partial charge in [0.15, 0.2) is 5.13 Å². The van der Waals surface area contributed by atoms with Gasteiger partial charge in [-0.15, -0.1) is 11.3 Å². The minimum Gasteiger partial charge on any atom is -0.325 e. The maximum absolute atomic E-state index is 12.9. The van der Waals surface area contributed by atoms with Gasteiger partial charge in [0.25, 0.3) is 0 Å². The van der Waals surface area contributed by atoms with Crippen molar-refractivity contribution in [2.75, 3.05) is 10.0 Å². The number of nitrogens with one attached hydrogen (secondary N) is 2. The van der Waals surface area contributed by atoms with Crippen molar-refractivity contribution < 1.29 is 13.2 Å². The van der Waals surface area contributed by atoms with E-state index >= 15 is 0 Å². The zero-order valence-corrected chi connectivity index (χ0v) is 19.8. The van der Waals surface area contributed by atoms with Crippen molar-refractivity contribution in [3.8, 4) is 11.1 Å². The minimum absolute atomic E-state index is 0.239. The lowest BCUT2D eigenvalue weighted by atomic mass is 9.89. The van der Waals surface area contributed by atoms with Gasteiger partial charge in [0.2, 0.25) is 15.9 Å². The van der Waals surface area contributed by atoms with Gasteiger partial charge in [0, 0.05) is 23.5 Å². The second-order valence-electron chi connectivity index (χ2n) is 8.65. The van der Waals surface area contributed by atoms with E-state index in [1.807, 2.05) is 36.4 Å². The smallest absolute Gasteiger partial charge is 0.239 e. The Morgan fingerprint density at radius 3 is 2.26 bits per heavy atom. The molecule has 7 nitrogen and oxygen atoms in total. The highest BCUT2D eigenvalue weighted by atomic mass is 32.2. The van der Waals surface area contributed by atoms with Gasteiger partial charge in [0.1, 0.15) is 0 Å². The van der Waals surface area contributed by atoms with E-state index in [1.165, 1.54) is 0 Å². The summed E-state index contributed by atoms with van der Waals surface area (Å²) in [6.45, 7) is 8.34. The number of sulfonamides is 1. The number of hydrogen-bond donors (Lipinski definition) is 2. The summed E-state index contributed by atoms with van der Waals surface area (Å²) < 4.78 is 26.3. The van der Waals surface area contributed by atoms with E-state index in [-0.39, 0.29) is 11.0 Å². The van der Waals surface area contributed by atoms with Crippen molar-refractivity contribution in [2.24, 2.45) is 0 Å². The number of hydrogen-bond acceptors (Lipinski definition) is 6. The highest BCUT2D eigenvalue weighted by Crippen LogP contribution is 2.30. The van der Waals surface area contributed by atoms with Gasteiger partial charge in [-0.1, -0.05) is 18.2 Å². The van der Waals surface area contributed by atoms with Crippen LogP contribution in [0.3, 0.4) is 0 Å². The van der Waals surface area contributed by atoms with E-state index in [1.54, 1.807) is 52.4 Å². The first kappa shape index (κ1) is 22.9. The molecule has 0 radical (unpaired) electrons. The SMILES string of the molecule is CC(C)(C(=O)Nc1ccc(-c2cccnc2)cc1)c1csc(NS(=O)(=O)C(C)(C)C)n1. The van der Waals surface area contributed by atoms with Crippen LogP contribution in [0.5, 0.6) is 0 Å². The van der Waals surface area contributed by atoms with Crippen molar-refractivity contribution in [3.63, 3.8) is 0 Å². The molecular formula is C22H26N4O3S2. The topological polar surface area (TPSA) is 101 Å². The molecule has 1 aromatic carbocycles. The van der Waals surface area contributed by atoms with Crippen molar-refractivity contribution in [1.82, 2.24) is 9.97 Å². The van der Waals surface area contributed by atoms with Crippen LogP contribution in [0.25, 0.3) is 11.1 Å². The number of amides is 1. The van der Waals surface area contributed by atoms with Crippen molar-refractivity contribution >= 4 is 38.1 Å². The van der Waals surface area contributed by atoms with Crippen LogP contribution < -0.4 is 10.0 Å². The predicted molar refractivity (Wildman–Crippen MR) is 126 cm³/mol. The number of benzene rings is 1.